The maximum absolute atomic E-state index is 6.19. The maximum atomic E-state index is 6.19. The Morgan fingerprint density at radius 3 is 2.73 bits per heavy atom. The maximum Gasteiger partial charge on any atom is 0.229 e. The van der Waals surface area contributed by atoms with Crippen molar-refractivity contribution in [3.8, 4) is 5.69 Å². The highest BCUT2D eigenvalue weighted by molar-refractivity contribution is 6.30. The van der Waals surface area contributed by atoms with Crippen LogP contribution in [0.4, 0.5) is 17.5 Å². The number of para-hydroxylation sites is 1. The van der Waals surface area contributed by atoms with Gasteiger partial charge in [0.1, 0.15) is 5.82 Å². The van der Waals surface area contributed by atoms with E-state index in [0.717, 1.165) is 53.7 Å². The average molecular weight is 419 g/mol. The summed E-state index contributed by atoms with van der Waals surface area (Å²) < 4.78 is 1.87. The zero-order chi connectivity index (χ0) is 20.5. The summed E-state index contributed by atoms with van der Waals surface area (Å²) in [7, 11) is 0. The van der Waals surface area contributed by atoms with Crippen molar-refractivity contribution in [3.05, 3.63) is 65.8 Å². The summed E-state index contributed by atoms with van der Waals surface area (Å²) in [5, 5.41) is 9.59. The molecule has 1 fully saturated rings. The normalized spacial score (nSPS) is 16.7. The van der Waals surface area contributed by atoms with E-state index in [4.69, 9.17) is 21.6 Å². The van der Waals surface area contributed by atoms with Crippen LogP contribution in [0.3, 0.4) is 0 Å². The van der Waals surface area contributed by atoms with Crippen molar-refractivity contribution in [2.45, 2.75) is 19.8 Å². The molecule has 0 amide bonds. The molecule has 0 aliphatic carbocycles. The van der Waals surface area contributed by atoms with Gasteiger partial charge in [-0.2, -0.15) is 15.1 Å². The monoisotopic (exact) mass is 418 g/mol. The van der Waals surface area contributed by atoms with Crippen LogP contribution in [0.25, 0.3) is 16.7 Å². The van der Waals surface area contributed by atoms with Crippen molar-refractivity contribution in [1.29, 1.82) is 0 Å². The lowest BCUT2D eigenvalue weighted by atomic mass is 10.0. The van der Waals surface area contributed by atoms with Gasteiger partial charge in [-0.25, -0.2) is 4.68 Å². The number of rotatable bonds is 4. The largest absolute Gasteiger partial charge is 0.340 e. The molecule has 5 rings (SSSR count). The molecule has 30 heavy (non-hydrogen) atoms. The number of nitrogens with one attached hydrogen (secondary N) is 1. The summed E-state index contributed by atoms with van der Waals surface area (Å²) in [5.74, 6) is 2.09. The van der Waals surface area contributed by atoms with Crippen molar-refractivity contribution < 1.29 is 0 Å². The number of hydrogen-bond acceptors (Lipinski definition) is 5. The SMILES string of the molecule is C[C@H]1CCCN(c2nc(Nc3cccc(Cl)c3)c3cnn(-c4ccccc4)c3n2)C1. The molecule has 7 heteroatoms. The summed E-state index contributed by atoms with van der Waals surface area (Å²) in [6.45, 7) is 4.21. The zero-order valence-corrected chi connectivity index (χ0v) is 17.5. The van der Waals surface area contributed by atoms with Crippen LogP contribution in [-0.2, 0) is 0 Å². The van der Waals surface area contributed by atoms with Crippen molar-refractivity contribution in [1.82, 2.24) is 19.7 Å². The second-order valence-electron chi connectivity index (χ2n) is 7.83. The molecule has 1 atom stereocenters. The number of aromatic nitrogens is 4. The molecule has 0 saturated carbocycles. The molecule has 0 spiro atoms. The first-order chi connectivity index (χ1) is 14.7. The summed E-state index contributed by atoms with van der Waals surface area (Å²) in [4.78, 5) is 12.1. The number of anilines is 3. The molecular formula is C23H23ClN6. The minimum Gasteiger partial charge on any atom is -0.340 e. The molecule has 6 nitrogen and oxygen atoms in total. The van der Waals surface area contributed by atoms with E-state index in [-0.39, 0.29) is 0 Å². The fraction of sp³-hybridized carbons (Fsp3) is 0.261. The van der Waals surface area contributed by atoms with Crippen LogP contribution >= 0.6 is 11.6 Å². The molecule has 1 N–H and O–H groups in total. The van der Waals surface area contributed by atoms with E-state index in [9.17, 15) is 0 Å². The Kier molecular flexibility index (Phi) is 5.01. The predicted molar refractivity (Wildman–Crippen MR) is 122 cm³/mol. The molecule has 1 aliphatic rings. The Hall–Kier alpha value is -3.12. The summed E-state index contributed by atoms with van der Waals surface area (Å²) in [5.41, 5.74) is 2.64. The molecule has 4 aromatic rings. The van der Waals surface area contributed by atoms with Gasteiger partial charge < -0.3 is 10.2 Å². The average Bonchev–Trinajstić information content (AvgIpc) is 3.19. The van der Waals surface area contributed by atoms with Crippen LogP contribution in [0.1, 0.15) is 19.8 Å². The van der Waals surface area contributed by atoms with Gasteiger partial charge in [-0.3, -0.25) is 0 Å². The first kappa shape index (κ1) is 18.9. The first-order valence-electron chi connectivity index (χ1n) is 10.3. The van der Waals surface area contributed by atoms with Gasteiger partial charge in [-0.1, -0.05) is 42.8 Å². The van der Waals surface area contributed by atoms with Gasteiger partial charge in [0.25, 0.3) is 0 Å². The number of piperidine rings is 1. The van der Waals surface area contributed by atoms with E-state index < -0.39 is 0 Å². The highest BCUT2D eigenvalue weighted by Gasteiger charge is 2.22. The number of halogens is 1. The molecule has 3 heterocycles. The van der Waals surface area contributed by atoms with Gasteiger partial charge in [0.15, 0.2) is 5.65 Å². The van der Waals surface area contributed by atoms with Crippen molar-refractivity contribution >= 4 is 40.1 Å². The van der Waals surface area contributed by atoms with Crippen molar-refractivity contribution in [2.75, 3.05) is 23.3 Å². The second kappa shape index (κ2) is 7.95. The van der Waals surface area contributed by atoms with Crippen molar-refractivity contribution in [3.63, 3.8) is 0 Å². The Morgan fingerprint density at radius 2 is 1.93 bits per heavy atom. The van der Waals surface area contributed by atoms with Crippen LogP contribution in [0.5, 0.6) is 0 Å². The third-order valence-corrected chi connectivity index (χ3v) is 5.68. The Morgan fingerprint density at radius 1 is 1.07 bits per heavy atom. The molecule has 152 valence electrons. The molecule has 1 aliphatic heterocycles. The van der Waals surface area contributed by atoms with Crippen LogP contribution in [0.2, 0.25) is 5.02 Å². The summed E-state index contributed by atoms with van der Waals surface area (Å²) >= 11 is 6.19. The second-order valence-corrected chi connectivity index (χ2v) is 8.27. The number of nitrogens with zero attached hydrogens (tertiary/aromatic N) is 5. The van der Waals surface area contributed by atoms with E-state index in [1.54, 1.807) is 0 Å². The van der Waals surface area contributed by atoms with Gasteiger partial charge >= 0.3 is 0 Å². The molecule has 1 saturated heterocycles. The third-order valence-electron chi connectivity index (χ3n) is 5.44. The molecule has 2 aromatic carbocycles. The van der Waals surface area contributed by atoms with Crippen LogP contribution in [0, 0.1) is 5.92 Å². The summed E-state index contributed by atoms with van der Waals surface area (Å²) in [6, 6.07) is 17.7. The van der Waals surface area contributed by atoms with Crippen LogP contribution in [0.15, 0.2) is 60.8 Å². The Labute approximate surface area is 180 Å². The standard InChI is InChI=1S/C23H23ClN6/c1-16-7-6-12-29(15-16)23-27-21(26-18-9-5-8-17(24)13-18)20-14-25-30(22(20)28-23)19-10-3-2-4-11-19/h2-5,8-11,13-14,16H,6-7,12,15H2,1H3,(H,26,27,28)/t16-/m0/s1. The lowest BCUT2D eigenvalue weighted by Gasteiger charge is -2.31. The van der Waals surface area contributed by atoms with E-state index in [1.807, 2.05) is 65.5 Å². The lowest BCUT2D eigenvalue weighted by Crippen LogP contribution is -2.35. The molecule has 0 bridgehead atoms. The molecule has 2 aromatic heterocycles. The van der Waals surface area contributed by atoms with E-state index in [2.05, 4.69) is 22.2 Å². The van der Waals surface area contributed by atoms with Crippen LogP contribution < -0.4 is 10.2 Å². The smallest absolute Gasteiger partial charge is 0.229 e. The van der Waals surface area contributed by atoms with Gasteiger partial charge in [-0.05, 0) is 49.1 Å². The van der Waals surface area contributed by atoms with Gasteiger partial charge in [-0.15, -0.1) is 0 Å². The zero-order valence-electron chi connectivity index (χ0n) is 16.8. The highest BCUT2D eigenvalue weighted by atomic mass is 35.5. The Bertz CT molecular complexity index is 1170. The van der Waals surface area contributed by atoms with Crippen LogP contribution in [-0.4, -0.2) is 32.8 Å². The van der Waals surface area contributed by atoms with Gasteiger partial charge in [0, 0.05) is 23.8 Å². The topological polar surface area (TPSA) is 58.9 Å². The fourth-order valence-corrected chi connectivity index (χ4v) is 4.16. The first-order valence-corrected chi connectivity index (χ1v) is 10.6. The number of hydrogen-bond donors (Lipinski definition) is 1. The fourth-order valence-electron chi connectivity index (χ4n) is 3.97. The van der Waals surface area contributed by atoms with E-state index in [0.29, 0.717) is 10.9 Å². The van der Waals surface area contributed by atoms with Crippen molar-refractivity contribution in [2.24, 2.45) is 5.92 Å². The lowest BCUT2D eigenvalue weighted by molar-refractivity contribution is 0.442. The van der Waals surface area contributed by atoms with E-state index in [1.165, 1.54) is 6.42 Å². The van der Waals surface area contributed by atoms with Gasteiger partial charge in [0.2, 0.25) is 5.95 Å². The third kappa shape index (κ3) is 3.71. The minimum atomic E-state index is 0.626. The molecule has 0 radical (unpaired) electrons. The number of benzene rings is 2. The highest BCUT2D eigenvalue weighted by Crippen LogP contribution is 2.30. The number of fused-ring (bicyclic) bond motifs is 1. The minimum absolute atomic E-state index is 0.626. The molecular weight excluding hydrogens is 396 g/mol. The molecule has 0 unspecified atom stereocenters. The van der Waals surface area contributed by atoms with Gasteiger partial charge in [0.05, 0.1) is 17.3 Å². The quantitative estimate of drug-likeness (QED) is 0.477. The Balaban J connectivity index is 1.64. The summed E-state index contributed by atoms with van der Waals surface area (Å²) in [6.07, 6.45) is 4.21. The predicted octanol–water partition coefficient (Wildman–Crippen LogP) is 5.45. The van der Waals surface area contributed by atoms with E-state index >= 15 is 0 Å².